The number of hydrogen-bond donors (Lipinski definition) is 2. The normalized spacial score (nSPS) is 10.1. The highest BCUT2D eigenvalue weighted by Crippen LogP contribution is 2.21. The van der Waals surface area contributed by atoms with Crippen LogP contribution in [0.3, 0.4) is 0 Å². The Labute approximate surface area is 136 Å². The van der Waals surface area contributed by atoms with Crippen LogP contribution in [0.4, 0.5) is 11.4 Å². The molecule has 6 heteroatoms. The fourth-order valence-corrected chi connectivity index (χ4v) is 2.16. The Morgan fingerprint density at radius 3 is 2.50 bits per heavy atom. The first-order valence-corrected chi connectivity index (χ1v) is 7.31. The predicted octanol–water partition coefficient (Wildman–Crippen LogP) is 3.00. The summed E-state index contributed by atoms with van der Waals surface area (Å²) >= 11 is 3.34. The maximum Gasteiger partial charge on any atom is 0.337 e. The van der Waals surface area contributed by atoms with Gasteiger partial charge in [0, 0.05) is 4.47 Å². The van der Waals surface area contributed by atoms with Gasteiger partial charge < -0.3 is 15.8 Å². The number of nitrogens with two attached hydrogens (primary N) is 1. The number of benzene rings is 2. The van der Waals surface area contributed by atoms with E-state index in [9.17, 15) is 9.59 Å². The van der Waals surface area contributed by atoms with Gasteiger partial charge in [0.2, 0.25) is 5.91 Å². The van der Waals surface area contributed by atoms with E-state index in [-0.39, 0.29) is 12.3 Å². The van der Waals surface area contributed by atoms with E-state index >= 15 is 0 Å². The topological polar surface area (TPSA) is 81.4 Å². The Bertz CT molecular complexity index is 699. The standard InChI is InChI=1S/C16H15BrN2O3/c1-22-16(21)11-4-7-13(18)14(9-11)19-15(20)8-10-2-5-12(17)6-3-10/h2-7,9H,8,18H2,1H3,(H,19,20). The van der Waals surface area contributed by atoms with Gasteiger partial charge in [-0.1, -0.05) is 28.1 Å². The smallest absolute Gasteiger partial charge is 0.337 e. The molecule has 0 aromatic heterocycles. The number of esters is 1. The summed E-state index contributed by atoms with van der Waals surface area (Å²) in [6.45, 7) is 0. The van der Waals surface area contributed by atoms with Gasteiger partial charge in [0.05, 0.1) is 30.5 Å². The molecule has 0 aliphatic rings. The molecule has 0 spiro atoms. The molecule has 0 aliphatic heterocycles. The van der Waals surface area contributed by atoms with Crippen molar-refractivity contribution in [3.63, 3.8) is 0 Å². The van der Waals surface area contributed by atoms with Gasteiger partial charge in [0.25, 0.3) is 0 Å². The number of carbonyl (C=O) groups is 2. The van der Waals surface area contributed by atoms with E-state index in [1.165, 1.54) is 13.2 Å². The number of nitrogens with one attached hydrogen (secondary N) is 1. The highest BCUT2D eigenvalue weighted by atomic mass is 79.9. The monoisotopic (exact) mass is 362 g/mol. The fraction of sp³-hybridized carbons (Fsp3) is 0.125. The first-order chi connectivity index (χ1) is 10.5. The summed E-state index contributed by atoms with van der Waals surface area (Å²) in [5, 5.41) is 2.71. The van der Waals surface area contributed by atoms with Crippen LogP contribution < -0.4 is 11.1 Å². The number of hydrogen-bond acceptors (Lipinski definition) is 4. The summed E-state index contributed by atoms with van der Waals surface area (Å²) in [5.74, 6) is -0.695. The van der Waals surface area contributed by atoms with E-state index < -0.39 is 5.97 Å². The van der Waals surface area contributed by atoms with Crippen molar-refractivity contribution in [2.75, 3.05) is 18.2 Å². The molecule has 0 atom stereocenters. The second-order valence-corrected chi connectivity index (χ2v) is 5.56. The molecule has 0 heterocycles. The lowest BCUT2D eigenvalue weighted by Crippen LogP contribution is -2.16. The molecule has 2 rings (SSSR count). The molecule has 22 heavy (non-hydrogen) atoms. The van der Waals surface area contributed by atoms with Crippen LogP contribution >= 0.6 is 15.9 Å². The van der Waals surface area contributed by atoms with Crippen LogP contribution in [-0.4, -0.2) is 19.0 Å². The van der Waals surface area contributed by atoms with Gasteiger partial charge in [0.15, 0.2) is 0 Å². The largest absolute Gasteiger partial charge is 0.465 e. The summed E-state index contributed by atoms with van der Waals surface area (Å²) in [5.41, 5.74) is 7.81. The van der Waals surface area contributed by atoms with Crippen LogP contribution in [0, 0.1) is 0 Å². The second kappa shape index (κ2) is 7.09. The molecule has 3 N–H and O–H groups in total. The van der Waals surface area contributed by atoms with E-state index in [0.717, 1.165) is 10.0 Å². The van der Waals surface area contributed by atoms with Gasteiger partial charge in [-0.15, -0.1) is 0 Å². The quantitative estimate of drug-likeness (QED) is 0.646. The van der Waals surface area contributed by atoms with Gasteiger partial charge in [-0.05, 0) is 35.9 Å². The molecule has 2 aromatic carbocycles. The minimum Gasteiger partial charge on any atom is -0.465 e. The molecule has 0 unspecified atom stereocenters. The first kappa shape index (κ1) is 16.0. The van der Waals surface area contributed by atoms with Crippen LogP contribution in [0.1, 0.15) is 15.9 Å². The zero-order valence-corrected chi connectivity index (χ0v) is 13.5. The highest BCUT2D eigenvalue weighted by molar-refractivity contribution is 9.10. The number of amides is 1. The van der Waals surface area contributed by atoms with Crippen LogP contribution in [0.5, 0.6) is 0 Å². The molecule has 2 aromatic rings. The summed E-state index contributed by atoms with van der Waals surface area (Å²) < 4.78 is 5.60. The Balaban J connectivity index is 2.10. The van der Waals surface area contributed by atoms with Crippen molar-refractivity contribution in [1.82, 2.24) is 0 Å². The van der Waals surface area contributed by atoms with Crippen molar-refractivity contribution in [3.05, 3.63) is 58.1 Å². The van der Waals surface area contributed by atoms with Crippen molar-refractivity contribution < 1.29 is 14.3 Å². The molecule has 114 valence electrons. The Morgan fingerprint density at radius 2 is 1.86 bits per heavy atom. The van der Waals surface area contributed by atoms with Gasteiger partial charge >= 0.3 is 5.97 Å². The van der Waals surface area contributed by atoms with Crippen LogP contribution in [0.25, 0.3) is 0 Å². The average molecular weight is 363 g/mol. The summed E-state index contributed by atoms with van der Waals surface area (Å²) in [4.78, 5) is 23.6. The van der Waals surface area contributed by atoms with Crippen molar-refractivity contribution in [2.45, 2.75) is 6.42 Å². The molecule has 0 radical (unpaired) electrons. The Kier molecular flexibility index (Phi) is 5.16. The van der Waals surface area contributed by atoms with E-state index in [0.29, 0.717) is 16.9 Å². The fourth-order valence-electron chi connectivity index (χ4n) is 1.89. The van der Waals surface area contributed by atoms with E-state index in [1.54, 1.807) is 12.1 Å². The number of halogens is 1. The molecule has 0 saturated carbocycles. The first-order valence-electron chi connectivity index (χ1n) is 6.51. The van der Waals surface area contributed by atoms with E-state index in [4.69, 9.17) is 5.73 Å². The number of ether oxygens (including phenoxy) is 1. The number of rotatable bonds is 4. The van der Waals surface area contributed by atoms with Gasteiger partial charge in [-0.3, -0.25) is 4.79 Å². The predicted molar refractivity (Wildman–Crippen MR) is 88.7 cm³/mol. The molecular weight excluding hydrogens is 348 g/mol. The third-order valence-electron chi connectivity index (χ3n) is 3.03. The minimum atomic E-state index is -0.483. The lowest BCUT2D eigenvalue weighted by Gasteiger charge is -2.10. The maximum absolute atomic E-state index is 12.1. The molecule has 1 amide bonds. The molecule has 0 saturated heterocycles. The Hall–Kier alpha value is -2.34. The highest BCUT2D eigenvalue weighted by Gasteiger charge is 2.11. The zero-order chi connectivity index (χ0) is 16.1. The summed E-state index contributed by atoms with van der Waals surface area (Å²) in [6, 6.07) is 12.1. The summed E-state index contributed by atoms with van der Waals surface area (Å²) in [7, 11) is 1.30. The van der Waals surface area contributed by atoms with Gasteiger partial charge in [-0.2, -0.15) is 0 Å². The number of anilines is 2. The van der Waals surface area contributed by atoms with E-state index in [1.807, 2.05) is 24.3 Å². The molecule has 0 bridgehead atoms. The van der Waals surface area contributed by atoms with Gasteiger partial charge in [0.1, 0.15) is 0 Å². The molecule has 5 nitrogen and oxygen atoms in total. The molecule has 0 fully saturated rings. The lowest BCUT2D eigenvalue weighted by atomic mass is 10.1. The summed E-state index contributed by atoms with van der Waals surface area (Å²) in [6.07, 6.45) is 0.217. The van der Waals surface area contributed by atoms with E-state index in [2.05, 4.69) is 26.0 Å². The molecular formula is C16H15BrN2O3. The lowest BCUT2D eigenvalue weighted by molar-refractivity contribution is -0.115. The van der Waals surface area contributed by atoms with Gasteiger partial charge in [-0.25, -0.2) is 4.79 Å². The third kappa shape index (κ3) is 4.08. The third-order valence-corrected chi connectivity index (χ3v) is 3.56. The number of methoxy groups -OCH3 is 1. The van der Waals surface area contributed by atoms with Crippen LogP contribution in [0.15, 0.2) is 46.9 Å². The zero-order valence-electron chi connectivity index (χ0n) is 11.9. The van der Waals surface area contributed by atoms with Crippen molar-refractivity contribution >= 4 is 39.2 Å². The SMILES string of the molecule is COC(=O)c1ccc(N)c(NC(=O)Cc2ccc(Br)cc2)c1. The van der Waals surface area contributed by atoms with Crippen molar-refractivity contribution in [1.29, 1.82) is 0 Å². The molecule has 0 aliphatic carbocycles. The average Bonchev–Trinajstić information content (AvgIpc) is 2.51. The second-order valence-electron chi connectivity index (χ2n) is 4.65. The van der Waals surface area contributed by atoms with Crippen molar-refractivity contribution in [2.24, 2.45) is 0 Å². The minimum absolute atomic E-state index is 0.212. The Morgan fingerprint density at radius 1 is 1.18 bits per heavy atom. The number of carbonyl (C=O) groups excluding carboxylic acids is 2. The number of nitrogen functional groups attached to an aromatic ring is 1. The maximum atomic E-state index is 12.1. The van der Waals surface area contributed by atoms with Crippen LogP contribution in [0.2, 0.25) is 0 Å². The van der Waals surface area contributed by atoms with Crippen LogP contribution in [-0.2, 0) is 16.0 Å². The van der Waals surface area contributed by atoms with Crippen molar-refractivity contribution in [3.8, 4) is 0 Å².